The molecular weight excluding hydrogens is 386 g/mol. The van der Waals surface area contributed by atoms with E-state index < -0.39 is 17.4 Å². The molecule has 4 heterocycles. The zero-order valence-corrected chi connectivity index (χ0v) is 16.6. The molecule has 0 aliphatic carbocycles. The van der Waals surface area contributed by atoms with Crippen molar-refractivity contribution in [2.24, 2.45) is 11.8 Å². The molecule has 1 aromatic heterocycles. The molecule has 2 bridgehead atoms. The third kappa shape index (κ3) is 2.86. The van der Waals surface area contributed by atoms with E-state index in [0.29, 0.717) is 25.2 Å². The lowest BCUT2D eigenvalue weighted by Gasteiger charge is -2.27. The van der Waals surface area contributed by atoms with Gasteiger partial charge in [-0.05, 0) is 24.1 Å². The van der Waals surface area contributed by atoms with Crippen LogP contribution < -0.4 is 4.90 Å². The van der Waals surface area contributed by atoms with E-state index in [0.717, 1.165) is 11.3 Å². The number of benzene rings is 1. The molecule has 1 aromatic carbocycles. The second-order valence-corrected chi connectivity index (χ2v) is 8.15. The Kier molecular flexibility index (Phi) is 4.48. The van der Waals surface area contributed by atoms with Gasteiger partial charge in [-0.3, -0.25) is 9.59 Å². The normalized spacial score (nSPS) is 28.9. The minimum atomic E-state index is -0.763. The zero-order valence-electron chi connectivity index (χ0n) is 16.6. The number of anilines is 1. The van der Waals surface area contributed by atoms with Crippen LogP contribution in [0.3, 0.4) is 0 Å². The van der Waals surface area contributed by atoms with Crippen LogP contribution in [0.2, 0.25) is 0 Å². The van der Waals surface area contributed by atoms with E-state index in [1.807, 2.05) is 36.4 Å². The molecule has 2 amide bonds. The summed E-state index contributed by atoms with van der Waals surface area (Å²) in [6, 6.07) is 9.29. The Bertz CT molecular complexity index is 987. The summed E-state index contributed by atoms with van der Waals surface area (Å²) in [4.78, 5) is 30.0. The average molecular weight is 409 g/mol. The summed E-state index contributed by atoms with van der Waals surface area (Å²) in [6.07, 6.45) is 5.51. The highest BCUT2D eigenvalue weighted by atomic mass is 16.5. The van der Waals surface area contributed by atoms with E-state index in [1.54, 1.807) is 22.9 Å². The summed E-state index contributed by atoms with van der Waals surface area (Å²) < 4.78 is 11.0. The summed E-state index contributed by atoms with van der Waals surface area (Å²) in [6.45, 7) is 0.782. The third-order valence-corrected chi connectivity index (χ3v) is 6.30. The van der Waals surface area contributed by atoms with Gasteiger partial charge in [0.25, 0.3) is 0 Å². The van der Waals surface area contributed by atoms with Gasteiger partial charge in [0.15, 0.2) is 0 Å². The van der Waals surface area contributed by atoms with Gasteiger partial charge in [0.05, 0.1) is 31.0 Å². The number of aliphatic hydroxyl groups is 1. The molecule has 2 saturated heterocycles. The molecule has 1 spiro atoms. The molecule has 8 nitrogen and oxygen atoms in total. The highest BCUT2D eigenvalue weighted by molar-refractivity contribution is 6.03. The third-order valence-electron chi connectivity index (χ3n) is 6.30. The van der Waals surface area contributed by atoms with Gasteiger partial charge in [0, 0.05) is 25.4 Å². The van der Waals surface area contributed by atoms with Crippen molar-refractivity contribution in [3.05, 3.63) is 60.0 Å². The Balaban J connectivity index is 1.39. The van der Waals surface area contributed by atoms with Crippen LogP contribution in [-0.4, -0.2) is 58.9 Å². The molecule has 1 N–H and O–H groups in total. The number of aliphatic hydroxyl groups excluding tert-OH is 1. The Morgan fingerprint density at radius 2 is 2.13 bits per heavy atom. The number of rotatable bonds is 6. The number of carbonyl (C=O) groups is 2. The van der Waals surface area contributed by atoms with Gasteiger partial charge in [-0.2, -0.15) is 0 Å². The van der Waals surface area contributed by atoms with Crippen LogP contribution in [0.4, 0.5) is 5.69 Å². The maximum absolute atomic E-state index is 13.4. The minimum absolute atomic E-state index is 0.0822. The van der Waals surface area contributed by atoms with Gasteiger partial charge in [-0.15, -0.1) is 0 Å². The van der Waals surface area contributed by atoms with Crippen molar-refractivity contribution in [1.29, 1.82) is 0 Å². The van der Waals surface area contributed by atoms with Crippen LogP contribution in [-0.2, 0) is 27.3 Å². The predicted octanol–water partition coefficient (Wildman–Crippen LogP) is 1.15. The molecule has 3 aliphatic heterocycles. The van der Waals surface area contributed by atoms with Crippen LogP contribution in [0, 0.1) is 11.8 Å². The Morgan fingerprint density at radius 3 is 2.83 bits per heavy atom. The summed E-state index contributed by atoms with van der Waals surface area (Å²) in [5, 5.41) is 13.0. The first-order valence-electron chi connectivity index (χ1n) is 10.0. The second kappa shape index (κ2) is 7.07. The van der Waals surface area contributed by atoms with Crippen LogP contribution in [0.1, 0.15) is 11.3 Å². The van der Waals surface area contributed by atoms with E-state index in [4.69, 9.17) is 14.4 Å². The van der Waals surface area contributed by atoms with E-state index in [-0.39, 0.29) is 24.5 Å². The maximum Gasteiger partial charge on any atom is 0.234 e. The van der Waals surface area contributed by atoms with E-state index >= 15 is 0 Å². The van der Waals surface area contributed by atoms with Crippen molar-refractivity contribution in [1.82, 2.24) is 10.1 Å². The van der Waals surface area contributed by atoms with Gasteiger partial charge >= 0.3 is 0 Å². The standard InChI is InChI=1S/C22H23N3O5/c1-24(12-15-8-11-29-23-15)20(27)18-17-6-9-22(30-17)13-25(21(28)19(18)22)16-4-2-14(3-5-16)7-10-26/h2-6,8-9,11,17-19,26H,7,10,12-13H2,1H3/t17-,18-,19+,22-/m0/s1. The van der Waals surface area contributed by atoms with Gasteiger partial charge < -0.3 is 24.2 Å². The molecule has 5 rings (SSSR count). The van der Waals surface area contributed by atoms with Crippen molar-refractivity contribution in [3.63, 3.8) is 0 Å². The average Bonchev–Trinajstić information content (AvgIpc) is 3.51. The minimum Gasteiger partial charge on any atom is -0.396 e. The zero-order chi connectivity index (χ0) is 20.9. The molecule has 3 aliphatic rings. The molecule has 0 radical (unpaired) electrons. The van der Waals surface area contributed by atoms with E-state index in [1.165, 1.54) is 6.26 Å². The van der Waals surface area contributed by atoms with Crippen molar-refractivity contribution in [2.75, 3.05) is 25.1 Å². The predicted molar refractivity (Wildman–Crippen MR) is 106 cm³/mol. The largest absolute Gasteiger partial charge is 0.396 e. The fourth-order valence-corrected chi connectivity index (χ4v) is 4.86. The SMILES string of the molecule is CN(Cc1ccon1)C(=O)[C@H]1[C@@H]2C=C[C@@]3(CN(c4ccc(CCO)cc4)C(=O)[C@@H]13)O2. The lowest BCUT2D eigenvalue weighted by Crippen LogP contribution is -2.44. The fourth-order valence-electron chi connectivity index (χ4n) is 4.86. The smallest absolute Gasteiger partial charge is 0.234 e. The molecule has 0 unspecified atom stereocenters. The molecule has 2 aromatic rings. The van der Waals surface area contributed by atoms with E-state index in [9.17, 15) is 9.59 Å². The van der Waals surface area contributed by atoms with Crippen LogP contribution in [0.25, 0.3) is 0 Å². The summed E-state index contributed by atoms with van der Waals surface area (Å²) in [7, 11) is 1.70. The molecular formula is C22H23N3O5. The number of ether oxygens (including phenoxy) is 1. The molecule has 156 valence electrons. The lowest BCUT2D eigenvalue weighted by molar-refractivity contribution is -0.139. The molecule has 30 heavy (non-hydrogen) atoms. The van der Waals surface area contributed by atoms with Gasteiger partial charge in [-0.25, -0.2) is 0 Å². The van der Waals surface area contributed by atoms with Gasteiger partial charge in [-0.1, -0.05) is 29.4 Å². The maximum atomic E-state index is 13.4. The first kappa shape index (κ1) is 19.0. The lowest BCUT2D eigenvalue weighted by atomic mass is 9.76. The van der Waals surface area contributed by atoms with Crippen LogP contribution >= 0.6 is 0 Å². The molecule has 4 atom stereocenters. The topological polar surface area (TPSA) is 96.1 Å². The van der Waals surface area contributed by atoms with Crippen molar-refractivity contribution >= 4 is 17.5 Å². The number of amides is 2. The quantitative estimate of drug-likeness (QED) is 0.720. The monoisotopic (exact) mass is 409 g/mol. The first-order chi connectivity index (χ1) is 14.5. The molecule has 0 saturated carbocycles. The van der Waals surface area contributed by atoms with Crippen molar-refractivity contribution in [3.8, 4) is 0 Å². The van der Waals surface area contributed by atoms with Crippen molar-refractivity contribution in [2.45, 2.75) is 24.7 Å². The number of carbonyl (C=O) groups excluding carboxylic acids is 2. The highest BCUT2D eigenvalue weighted by Gasteiger charge is 2.67. The first-order valence-corrected chi connectivity index (χ1v) is 10.0. The van der Waals surface area contributed by atoms with Gasteiger partial charge in [0.2, 0.25) is 11.8 Å². The van der Waals surface area contributed by atoms with Crippen molar-refractivity contribution < 1.29 is 24.0 Å². The summed E-state index contributed by atoms with van der Waals surface area (Å²) >= 11 is 0. The van der Waals surface area contributed by atoms with Crippen LogP contribution in [0.15, 0.2) is 53.3 Å². The Labute approximate surface area is 173 Å². The number of aromatic nitrogens is 1. The highest BCUT2D eigenvalue weighted by Crippen LogP contribution is 2.53. The summed E-state index contributed by atoms with van der Waals surface area (Å²) in [5.74, 6) is -1.33. The Morgan fingerprint density at radius 1 is 1.33 bits per heavy atom. The van der Waals surface area contributed by atoms with Gasteiger partial charge in [0.1, 0.15) is 17.6 Å². The second-order valence-electron chi connectivity index (χ2n) is 8.15. The Hall–Kier alpha value is -2.97. The number of nitrogens with zero attached hydrogens (tertiary/aromatic N) is 3. The molecule has 8 heteroatoms. The summed E-state index contributed by atoms with van der Waals surface area (Å²) in [5.41, 5.74) is 1.67. The van der Waals surface area contributed by atoms with E-state index in [2.05, 4.69) is 5.16 Å². The number of fused-ring (bicyclic) bond motifs is 1. The number of hydrogen-bond acceptors (Lipinski definition) is 6. The van der Waals surface area contributed by atoms with Crippen LogP contribution in [0.5, 0.6) is 0 Å². The fraction of sp³-hybridized carbons (Fsp3) is 0.409. The number of hydrogen-bond donors (Lipinski definition) is 1. The molecule has 2 fully saturated rings.